The van der Waals surface area contributed by atoms with Crippen molar-refractivity contribution in [3.8, 4) is 0 Å². The summed E-state index contributed by atoms with van der Waals surface area (Å²) in [6.45, 7) is 7.24. The maximum atomic E-state index is 5.31. The predicted octanol–water partition coefficient (Wildman–Crippen LogP) is 0.627. The van der Waals surface area contributed by atoms with Crippen molar-refractivity contribution in [2.75, 3.05) is 47.0 Å². The third-order valence-corrected chi connectivity index (χ3v) is 3.42. The Labute approximate surface area is 99.1 Å². The van der Waals surface area contributed by atoms with E-state index in [-0.39, 0.29) is 6.10 Å². The van der Waals surface area contributed by atoms with Crippen molar-refractivity contribution in [2.45, 2.75) is 25.9 Å². The molecule has 1 aliphatic rings. The standard InChI is InChI=1S/C12H26N2O2/c1-12(4-6-13-7-5-12)10-14-8-11(16-3)9-15-2/h11,13-14H,4-10H2,1-3H3. The van der Waals surface area contributed by atoms with E-state index in [0.717, 1.165) is 26.2 Å². The summed E-state index contributed by atoms with van der Waals surface area (Å²) in [5.74, 6) is 0. The first-order chi connectivity index (χ1) is 7.70. The van der Waals surface area contributed by atoms with Crippen LogP contribution >= 0.6 is 0 Å². The Hall–Kier alpha value is -0.160. The molecule has 16 heavy (non-hydrogen) atoms. The summed E-state index contributed by atoms with van der Waals surface area (Å²) in [5, 5.41) is 6.90. The molecule has 4 nitrogen and oxygen atoms in total. The van der Waals surface area contributed by atoms with Gasteiger partial charge >= 0.3 is 0 Å². The van der Waals surface area contributed by atoms with Crippen molar-refractivity contribution in [1.29, 1.82) is 0 Å². The van der Waals surface area contributed by atoms with Gasteiger partial charge in [0.05, 0.1) is 12.7 Å². The van der Waals surface area contributed by atoms with Crippen molar-refractivity contribution in [1.82, 2.24) is 10.6 Å². The summed E-state index contributed by atoms with van der Waals surface area (Å²) in [5.41, 5.74) is 0.441. The third-order valence-electron chi connectivity index (χ3n) is 3.42. The highest BCUT2D eigenvalue weighted by molar-refractivity contribution is 4.82. The highest BCUT2D eigenvalue weighted by Crippen LogP contribution is 2.26. The van der Waals surface area contributed by atoms with Gasteiger partial charge in [-0.1, -0.05) is 6.92 Å². The Bertz CT molecular complexity index is 182. The molecule has 1 rings (SSSR count). The lowest BCUT2D eigenvalue weighted by Gasteiger charge is -2.34. The molecule has 0 saturated carbocycles. The van der Waals surface area contributed by atoms with Gasteiger partial charge in [0.1, 0.15) is 0 Å². The highest BCUT2D eigenvalue weighted by atomic mass is 16.5. The zero-order valence-corrected chi connectivity index (χ0v) is 10.8. The third kappa shape index (κ3) is 4.78. The zero-order chi connectivity index (χ0) is 11.9. The summed E-state index contributed by atoms with van der Waals surface area (Å²) in [6.07, 6.45) is 2.67. The quantitative estimate of drug-likeness (QED) is 0.673. The molecule has 0 aliphatic carbocycles. The van der Waals surface area contributed by atoms with Gasteiger partial charge in [-0.3, -0.25) is 0 Å². The van der Waals surface area contributed by atoms with E-state index in [4.69, 9.17) is 9.47 Å². The van der Waals surface area contributed by atoms with Crippen LogP contribution in [0.2, 0.25) is 0 Å². The fourth-order valence-electron chi connectivity index (χ4n) is 2.14. The Morgan fingerprint density at radius 2 is 2.00 bits per heavy atom. The van der Waals surface area contributed by atoms with E-state index in [9.17, 15) is 0 Å². The van der Waals surface area contributed by atoms with Gasteiger partial charge < -0.3 is 20.1 Å². The first kappa shape index (κ1) is 13.9. The molecule has 0 bridgehead atoms. The number of ether oxygens (including phenoxy) is 2. The van der Waals surface area contributed by atoms with E-state index >= 15 is 0 Å². The van der Waals surface area contributed by atoms with E-state index < -0.39 is 0 Å². The van der Waals surface area contributed by atoms with Crippen molar-refractivity contribution < 1.29 is 9.47 Å². The van der Waals surface area contributed by atoms with Gasteiger partial charge in [-0.2, -0.15) is 0 Å². The Balaban J connectivity index is 2.17. The minimum Gasteiger partial charge on any atom is -0.382 e. The summed E-state index contributed by atoms with van der Waals surface area (Å²) < 4.78 is 10.4. The molecule has 96 valence electrons. The highest BCUT2D eigenvalue weighted by Gasteiger charge is 2.26. The molecule has 4 heteroatoms. The molecule has 0 spiro atoms. The van der Waals surface area contributed by atoms with Gasteiger partial charge in [0.15, 0.2) is 0 Å². The maximum Gasteiger partial charge on any atom is 0.0928 e. The van der Waals surface area contributed by atoms with Crippen LogP contribution in [0.15, 0.2) is 0 Å². The molecule has 1 fully saturated rings. The fourth-order valence-corrected chi connectivity index (χ4v) is 2.14. The fraction of sp³-hybridized carbons (Fsp3) is 1.00. The number of methoxy groups -OCH3 is 2. The maximum absolute atomic E-state index is 5.31. The Morgan fingerprint density at radius 1 is 1.31 bits per heavy atom. The molecule has 1 atom stereocenters. The zero-order valence-electron chi connectivity index (χ0n) is 10.8. The molecule has 1 unspecified atom stereocenters. The van der Waals surface area contributed by atoms with Crippen molar-refractivity contribution in [3.63, 3.8) is 0 Å². The van der Waals surface area contributed by atoms with E-state index in [1.807, 2.05) is 0 Å². The van der Waals surface area contributed by atoms with Crippen LogP contribution in [0.4, 0.5) is 0 Å². The molecule has 0 aromatic carbocycles. The molecule has 2 N–H and O–H groups in total. The van der Waals surface area contributed by atoms with Crippen molar-refractivity contribution in [2.24, 2.45) is 5.41 Å². The van der Waals surface area contributed by atoms with Crippen molar-refractivity contribution >= 4 is 0 Å². The molecular weight excluding hydrogens is 204 g/mol. The normalized spacial score (nSPS) is 21.9. The van der Waals surface area contributed by atoms with E-state index in [1.54, 1.807) is 14.2 Å². The van der Waals surface area contributed by atoms with E-state index in [2.05, 4.69) is 17.6 Å². The smallest absolute Gasteiger partial charge is 0.0928 e. The molecule has 1 saturated heterocycles. The van der Waals surface area contributed by atoms with Crippen LogP contribution < -0.4 is 10.6 Å². The molecular formula is C12H26N2O2. The molecule has 1 heterocycles. The average Bonchev–Trinajstić information content (AvgIpc) is 2.29. The van der Waals surface area contributed by atoms with Gasteiger partial charge in [0.2, 0.25) is 0 Å². The lowest BCUT2D eigenvalue weighted by molar-refractivity contribution is 0.0269. The summed E-state index contributed by atoms with van der Waals surface area (Å²) in [6, 6.07) is 0. The number of rotatable bonds is 7. The Morgan fingerprint density at radius 3 is 2.56 bits per heavy atom. The van der Waals surface area contributed by atoms with Crippen LogP contribution in [-0.2, 0) is 9.47 Å². The van der Waals surface area contributed by atoms with Crippen LogP contribution in [0.5, 0.6) is 0 Å². The van der Waals surface area contributed by atoms with Gasteiger partial charge in [0.25, 0.3) is 0 Å². The second-order valence-electron chi connectivity index (χ2n) is 5.00. The largest absolute Gasteiger partial charge is 0.382 e. The van der Waals surface area contributed by atoms with Crippen LogP contribution in [-0.4, -0.2) is 53.1 Å². The molecule has 0 aromatic heterocycles. The van der Waals surface area contributed by atoms with Gasteiger partial charge in [-0.05, 0) is 31.3 Å². The number of hydrogen-bond acceptors (Lipinski definition) is 4. The number of hydrogen-bond donors (Lipinski definition) is 2. The lowest BCUT2D eigenvalue weighted by Crippen LogP contribution is -2.43. The lowest BCUT2D eigenvalue weighted by atomic mass is 9.81. The average molecular weight is 230 g/mol. The van der Waals surface area contributed by atoms with Crippen LogP contribution in [0, 0.1) is 5.41 Å². The molecule has 0 radical (unpaired) electrons. The van der Waals surface area contributed by atoms with Crippen LogP contribution in [0.25, 0.3) is 0 Å². The minimum absolute atomic E-state index is 0.162. The number of nitrogens with one attached hydrogen (secondary N) is 2. The van der Waals surface area contributed by atoms with E-state index in [0.29, 0.717) is 12.0 Å². The molecule has 0 amide bonds. The number of piperidine rings is 1. The second kappa shape index (κ2) is 7.22. The monoisotopic (exact) mass is 230 g/mol. The van der Waals surface area contributed by atoms with Gasteiger partial charge in [0, 0.05) is 27.3 Å². The second-order valence-corrected chi connectivity index (χ2v) is 5.00. The first-order valence-electron chi connectivity index (χ1n) is 6.13. The first-order valence-corrected chi connectivity index (χ1v) is 6.13. The van der Waals surface area contributed by atoms with Crippen LogP contribution in [0.3, 0.4) is 0 Å². The predicted molar refractivity (Wildman–Crippen MR) is 65.8 cm³/mol. The van der Waals surface area contributed by atoms with Gasteiger partial charge in [-0.15, -0.1) is 0 Å². The summed E-state index contributed by atoms with van der Waals surface area (Å²) in [4.78, 5) is 0. The Kier molecular flexibility index (Phi) is 6.28. The van der Waals surface area contributed by atoms with E-state index in [1.165, 1.54) is 12.8 Å². The molecule has 0 aromatic rings. The van der Waals surface area contributed by atoms with Crippen molar-refractivity contribution in [3.05, 3.63) is 0 Å². The SMILES string of the molecule is COCC(CNCC1(C)CCNCC1)OC. The minimum atomic E-state index is 0.162. The molecule has 1 aliphatic heterocycles. The topological polar surface area (TPSA) is 42.5 Å². The summed E-state index contributed by atoms with van der Waals surface area (Å²) in [7, 11) is 3.44. The van der Waals surface area contributed by atoms with Gasteiger partial charge in [-0.25, -0.2) is 0 Å². The van der Waals surface area contributed by atoms with Crippen LogP contribution in [0.1, 0.15) is 19.8 Å². The summed E-state index contributed by atoms with van der Waals surface area (Å²) >= 11 is 0.